The number of nitrogens with one attached hydrogen (secondary N) is 1. The standard InChI is InChI=1S/C16H25N3O/c1-12(2)11-19-16(17)18-10-9-13(3)14-5-7-15(20-4)8-6-14/h5-8,13H,1,9-11H2,2-4H3,(H3,17,18,19). The van der Waals surface area contributed by atoms with Crippen LogP contribution in [0.15, 0.2) is 41.4 Å². The molecular formula is C16H25N3O. The van der Waals surface area contributed by atoms with Crippen LogP contribution in [0.2, 0.25) is 0 Å². The van der Waals surface area contributed by atoms with Crippen molar-refractivity contribution >= 4 is 5.96 Å². The summed E-state index contributed by atoms with van der Waals surface area (Å²) in [6, 6.07) is 8.17. The summed E-state index contributed by atoms with van der Waals surface area (Å²) < 4.78 is 5.16. The van der Waals surface area contributed by atoms with E-state index in [0.717, 1.165) is 24.3 Å². The summed E-state index contributed by atoms with van der Waals surface area (Å²) in [5.74, 6) is 1.83. The first-order chi connectivity index (χ1) is 9.52. The third-order valence-corrected chi connectivity index (χ3v) is 3.09. The van der Waals surface area contributed by atoms with E-state index >= 15 is 0 Å². The van der Waals surface area contributed by atoms with E-state index in [9.17, 15) is 0 Å². The Morgan fingerprint density at radius 3 is 2.60 bits per heavy atom. The van der Waals surface area contributed by atoms with Gasteiger partial charge >= 0.3 is 0 Å². The van der Waals surface area contributed by atoms with Crippen LogP contribution in [0, 0.1) is 0 Å². The lowest BCUT2D eigenvalue weighted by Gasteiger charge is -2.13. The van der Waals surface area contributed by atoms with Gasteiger partial charge in [-0.2, -0.15) is 0 Å². The minimum absolute atomic E-state index is 0.461. The van der Waals surface area contributed by atoms with E-state index in [1.807, 2.05) is 19.1 Å². The van der Waals surface area contributed by atoms with Crippen molar-refractivity contribution in [3.8, 4) is 5.75 Å². The van der Waals surface area contributed by atoms with Crippen LogP contribution in [0.25, 0.3) is 0 Å². The zero-order valence-electron chi connectivity index (χ0n) is 12.6. The molecule has 1 aromatic rings. The Bertz CT molecular complexity index is 451. The van der Waals surface area contributed by atoms with Gasteiger partial charge < -0.3 is 15.8 Å². The number of hydrogen-bond acceptors (Lipinski definition) is 2. The molecule has 4 heteroatoms. The highest BCUT2D eigenvalue weighted by atomic mass is 16.5. The molecule has 1 rings (SSSR count). The van der Waals surface area contributed by atoms with Crippen molar-refractivity contribution in [1.29, 1.82) is 0 Å². The summed E-state index contributed by atoms with van der Waals surface area (Å²) in [5.41, 5.74) is 8.06. The third kappa shape index (κ3) is 5.78. The molecule has 0 radical (unpaired) electrons. The average molecular weight is 275 g/mol. The second kappa shape index (κ2) is 8.25. The molecule has 0 heterocycles. The molecule has 4 nitrogen and oxygen atoms in total. The number of guanidine groups is 1. The molecule has 0 aliphatic carbocycles. The van der Waals surface area contributed by atoms with Crippen molar-refractivity contribution in [3.05, 3.63) is 42.0 Å². The second-order valence-electron chi connectivity index (χ2n) is 5.05. The van der Waals surface area contributed by atoms with E-state index in [1.165, 1.54) is 5.56 Å². The molecule has 0 fully saturated rings. The smallest absolute Gasteiger partial charge is 0.188 e. The van der Waals surface area contributed by atoms with Crippen LogP contribution in [-0.4, -0.2) is 26.2 Å². The van der Waals surface area contributed by atoms with Crippen molar-refractivity contribution in [2.75, 3.05) is 20.2 Å². The molecule has 20 heavy (non-hydrogen) atoms. The van der Waals surface area contributed by atoms with Crippen molar-refractivity contribution in [2.24, 2.45) is 10.7 Å². The van der Waals surface area contributed by atoms with Gasteiger partial charge in [0.2, 0.25) is 0 Å². The van der Waals surface area contributed by atoms with Gasteiger partial charge in [0.1, 0.15) is 5.75 Å². The fraction of sp³-hybridized carbons (Fsp3) is 0.438. The molecular weight excluding hydrogens is 250 g/mol. The highest BCUT2D eigenvalue weighted by Crippen LogP contribution is 2.21. The summed E-state index contributed by atoms with van der Waals surface area (Å²) in [6.07, 6.45) is 0.996. The quantitative estimate of drug-likeness (QED) is 0.457. The predicted molar refractivity (Wildman–Crippen MR) is 85.3 cm³/mol. The number of hydrogen-bond donors (Lipinski definition) is 2. The zero-order valence-corrected chi connectivity index (χ0v) is 12.6. The van der Waals surface area contributed by atoms with Crippen LogP contribution in [0.5, 0.6) is 5.75 Å². The Balaban J connectivity index is 2.37. The van der Waals surface area contributed by atoms with Crippen molar-refractivity contribution in [3.63, 3.8) is 0 Å². The van der Waals surface area contributed by atoms with Gasteiger partial charge in [0.15, 0.2) is 5.96 Å². The number of benzene rings is 1. The number of nitrogens with two attached hydrogens (primary N) is 1. The van der Waals surface area contributed by atoms with Gasteiger partial charge in [-0.3, -0.25) is 0 Å². The Hall–Kier alpha value is -1.97. The summed E-state index contributed by atoms with van der Waals surface area (Å²) >= 11 is 0. The number of aliphatic imine (C=N–C) groups is 1. The minimum atomic E-state index is 0.461. The maximum atomic E-state index is 5.77. The minimum Gasteiger partial charge on any atom is -0.497 e. The molecule has 0 spiro atoms. The molecule has 0 bridgehead atoms. The fourth-order valence-corrected chi connectivity index (χ4v) is 1.79. The Labute approximate surface area is 121 Å². The summed E-state index contributed by atoms with van der Waals surface area (Å²) in [5, 5.41) is 3.12. The number of methoxy groups -OCH3 is 1. The maximum absolute atomic E-state index is 5.77. The Morgan fingerprint density at radius 1 is 1.40 bits per heavy atom. The van der Waals surface area contributed by atoms with Gasteiger partial charge in [0, 0.05) is 6.54 Å². The molecule has 0 saturated carbocycles. The van der Waals surface area contributed by atoms with Crippen molar-refractivity contribution in [1.82, 2.24) is 5.32 Å². The van der Waals surface area contributed by atoms with Gasteiger partial charge in [-0.1, -0.05) is 31.2 Å². The van der Waals surface area contributed by atoms with Crippen molar-refractivity contribution < 1.29 is 4.74 Å². The molecule has 3 N–H and O–H groups in total. The van der Waals surface area contributed by atoms with Gasteiger partial charge in [-0.15, -0.1) is 0 Å². The highest BCUT2D eigenvalue weighted by Gasteiger charge is 2.05. The molecule has 0 amide bonds. The van der Waals surface area contributed by atoms with E-state index in [0.29, 0.717) is 18.4 Å². The van der Waals surface area contributed by atoms with Crippen molar-refractivity contribution in [2.45, 2.75) is 26.2 Å². The Morgan fingerprint density at radius 2 is 2.05 bits per heavy atom. The van der Waals surface area contributed by atoms with Crippen LogP contribution in [0.4, 0.5) is 0 Å². The molecule has 0 aliphatic rings. The van der Waals surface area contributed by atoms with E-state index < -0.39 is 0 Å². The lowest BCUT2D eigenvalue weighted by molar-refractivity contribution is 0.414. The van der Waals surface area contributed by atoms with Gasteiger partial charge in [-0.25, -0.2) is 4.99 Å². The van der Waals surface area contributed by atoms with Gasteiger partial charge in [0.05, 0.1) is 13.7 Å². The molecule has 1 atom stereocenters. The normalized spacial score (nSPS) is 12.8. The van der Waals surface area contributed by atoms with E-state index in [-0.39, 0.29) is 0 Å². The lowest BCUT2D eigenvalue weighted by Crippen LogP contribution is -2.33. The zero-order chi connectivity index (χ0) is 15.0. The van der Waals surface area contributed by atoms with Crippen LogP contribution in [0.3, 0.4) is 0 Å². The highest BCUT2D eigenvalue weighted by molar-refractivity contribution is 5.77. The molecule has 1 aromatic carbocycles. The molecule has 0 saturated heterocycles. The first kappa shape index (κ1) is 16.1. The largest absolute Gasteiger partial charge is 0.497 e. The fourth-order valence-electron chi connectivity index (χ4n) is 1.79. The SMILES string of the molecule is C=C(C)CN=C(N)NCCC(C)c1ccc(OC)cc1. The third-order valence-electron chi connectivity index (χ3n) is 3.09. The average Bonchev–Trinajstić information content (AvgIpc) is 2.45. The first-order valence-electron chi connectivity index (χ1n) is 6.85. The lowest BCUT2D eigenvalue weighted by atomic mass is 9.98. The molecule has 0 aliphatic heterocycles. The van der Waals surface area contributed by atoms with Crippen LogP contribution < -0.4 is 15.8 Å². The molecule has 1 unspecified atom stereocenters. The first-order valence-corrected chi connectivity index (χ1v) is 6.85. The molecule has 0 aromatic heterocycles. The van der Waals surface area contributed by atoms with Crippen LogP contribution >= 0.6 is 0 Å². The summed E-state index contributed by atoms with van der Waals surface area (Å²) in [6.45, 7) is 9.30. The second-order valence-corrected chi connectivity index (χ2v) is 5.05. The maximum Gasteiger partial charge on any atom is 0.188 e. The van der Waals surface area contributed by atoms with E-state index in [4.69, 9.17) is 10.5 Å². The monoisotopic (exact) mass is 275 g/mol. The topological polar surface area (TPSA) is 59.6 Å². The Kier molecular flexibility index (Phi) is 6.64. The summed E-state index contributed by atoms with van der Waals surface area (Å²) in [7, 11) is 1.68. The van der Waals surface area contributed by atoms with E-state index in [1.54, 1.807) is 7.11 Å². The van der Waals surface area contributed by atoms with Gasteiger partial charge in [0.25, 0.3) is 0 Å². The van der Waals surface area contributed by atoms with Crippen LogP contribution in [0.1, 0.15) is 31.7 Å². The number of rotatable bonds is 7. The number of ether oxygens (including phenoxy) is 1. The van der Waals surface area contributed by atoms with E-state index in [2.05, 4.69) is 35.9 Å². The summed E-state index contributed by atoms with van der Waals surface area (Å²) in [4.78, 5) is 4.18. The molecule has 110 valence electrons. The number of nitrogens with zero attached hydrogens (tertiary/aromatic N) is 1. The van der Waals surface area contributed by atoms with Gasteiger partial charge in [-0.05, 0) is 37.0 Å². The predicted octanol–water partition coefficient (Wildman–Crippen LogP) is 2.67. The van der Waals surface area contributed by atoms with Crippen LogP contribution in [-0.2, 0) is 0 Å².